The summed E-state index contributed by atoms with van der Waals surface area (Å²) in [5.41, 5.74) is 1.91. The Kier molecular flexibility index (Phi) is 2.77. The van der Waals surface area contributed by atoms with Crippen LogP contribution in [0, 0.1) is 6.61 Å². The minimum atomic E-state index is 0.825. The summed E-state index contributed by atoms with van der Waals surface area (Å²) in [5.74, 6) is 0.825. The Morgan fingerprint density at radius 2 is 2.00 bits per heavy atom. The number of ether oxygens (including phenoxy) is 2. The Balaban J connectivity index is 2.30. The number of allylic oxidation sites excluding steroid dienone is 2. The molecule has 2 aromatic carbocycles. The number of hydrogen-bond acceptors (Lipinski definition) is 2. The quantitative estimate of drug-likeness (QED) is 0.789. The van der Waals surface area contributed by atoms with E-state index in [0.29, 0.717) is 0 Å². The smallest absolute Gasteiger partial charge is 0.230 e. The predicted molar refractivity (Wildman–Crippen MR) is 71.9 cm³/mol. The molecule has 2 heteroatoms. The van der Waals surface area contributed by atoms with Crippen LogP contribution < -0.4 is 4.74 Å². The summed E-state index contributed by atoms with van der Waals surface area (Å²) in [5, 5.41) is 2.31. The van der Waals surface area contributed by atoms with Crippen LogP contribution in [0.25, 0.3) is 16.3 Å². The molecule has 0 unspecified atom stereocenters. The minimum Gasteiger partial charge on any atom is -0.496 e. The first-order chi connectivity index (χ1) is 8.90. The third kappa shape index (κ3) is 1.76. The van der Waals surface area contributed by atoms with Gasteiger partial charge in [0.25, 0.3) is 0 Å². The van der Waals surface area contributed by atoms with Crippen LogP contribution in [0.1, 0.15) is 5.56 Å². The molecular formula is C16H12O2. The van der Waals surface area contributed by atoms with Gasteiger partial charge in [0.05, 0.1) is 13.4 Å². The van der Waals surface area contributed by atoms with Gasteiger partial charge in [-0.15, -0.1) is 0 Å². The van der Waals surface area contributed by atoms with E-state index >= 15 is 0 Å². The molecule has 0 saturated carbocycles. The average molecular weight is 236 g/mol. The average Bonchev–Trinajstić information content (AvgIpc) is 2.47. The summed E-state index contributed by atoms with van der Waals surface area (Å²) in [6.07, 6.45) is 5.42. The molecule has 0 bridgehead atoms. The van der Waals surface area contributed by atoms with Crippen LogP contribution in [0.4, 0.5) is 0 Å². The summed E-state index contributed by atoms with van der Waals surface area (Å²) >= 11 is 0. The van der Waals surface area contributed by atoms with Gasteiger partial charge in [-0.25, -0.2) is 0 Å². The Hall–Kier alpha value is -2.22. The van der Waals surface area contributed by atoms with Gasteiger partial charge < -0.3 is 9.47 Å². The summed E-state index contributed by atoms with van der Waals surface area (Å²) in [6, 6.07) is 12.2. The van der Waals surface area contributed by atoms with Crippen molar-refractivity contribution in [2.75, 3.05) is 7.11 Å². The first-order valence-corrected chi connectivity index (χ1v) is 5.75. The van der Waals surface area contributed by atoms with Crippen LogP contribution in [-0.4, -0.2) is 7.11 Å². The number of rotatable bonds is 2. The normalized spacial score (nSPS) is 14.2. The van der Waals surface area contributed by atoms with E-state index in [-0.39, 0.29) is 0 Å². The summed E-state index contributed by atoms with van der Waals surface area (Å²) in [4.78, 5) is 0. The molecule has 88 valence electrons. The first kappa shape index (κ1) is 10.9. The molecular weight excluding hydrogens is 224 g/mol. The fourth-order valence-corrected chi connectivity index (χ4v) is 2.14. The molecule has 0 aliphatic carbocycles. The van der Waals surface area contributed by atoms with Gasteiger partial charge in [0.15, 0.2) is 0 Å². The van der Waals surface area contributed by atoms with Crippen LogP contribution in [0.15, 0.2) is 54.8 Å². The Bertz CT molecular complexity index is 639. The third-order valence-electron chi connectivity index (χ3n) is 2.96. The van der Waals surface area contributed by atoms with Crippen molar-refractivity contribution in [1.82, 2.24) is 0 Å². The highest BCUT2D eigenvalue weighted by Crippen LogP contribution is 2.35. The number of fused-ring (bicyclic) bond motifs is 1. The van der Waals surface area contributed by atoms with E-state index in [1.807, 2.05) is 30.4 Å². The Labute approximate surface area is 106 Å². The number of hydrogen-bond donors (Lipinski definition) is 0. The van der Waals surface area contributed by atoms with Crippen LogP contribution in [0.3, 0.4) is 0 Å². The van der Waals surface area contributed by atoms with Crippen molar-refractivity contribution in [3.8, 4) is 5.75 Å². The molecule has 0 N–H and O–H groups in total. The molecule has 2 radical (unpaired) electrons. The van der Waals surface area contributed by atoms with Crippen LogP contribution >= 0.6 is 0 Å². The van der Waals surface area contributed by atoms with Gasteiger partial charge in [-0.05, 0) is 22.9 Å². The van der Waals surface area contributed by atoms with Gasteiger partial charge in [0.1, 0.15) is 5.75 Å². The van der Waals surface area contributed by atoms with E-state index in [4.69, 9.17) is 9.47 Å². The standard InChI is InChI=1S/C16H12O2/c1-17-15-9-8-12-5-2-3-7-14(12)16(15)13-6-4-10-18-11-13/h2-10H,1H3. The Morgan fingerprint density at radius 3 is 2.78 bits per heavy atom. The fourth-order valence-electron chi connectivity index (χ4n) is 2.14. The van der Waals surface area contributed by atoms with Gasteiger partial charge in [0, 0.05) is 11.1 Å². The summed E-state index contributed by atoms with van der Waals surface area (Å²) in [6.45, 7) is 2.90. The van der Waals surface area contributed by atoms with Crippen LogP contribution in [0.2, 0.25) is 0 Å². The van der Waals surface area contributed by atoms with E-state index < -0.39 is 0 Å². The van der Waals surface area contributed by atoms with Crippen molar-refractivity contribution >= 4 is 16.3 Å². The van der Waals surface area contributed by atoms with Crippen LogP contribution in [-0.2, 0) is 4.74 Å². The van der Waals surface area contributed by atoms with Crippen LogP contribution in [0.5, 0.6) is 5.75 Å². The molecule has 0 spiro atoms. The highest BCUT2D eigenvalue weighted by molar-refractivity contribution is 5.98. The monoisotopic (exact) mass is 236 g/mol. The van der Waals surface area contributed by atoms with E-state index in [9.17, 15) is 0 Å². The molecule has 1 aliphatic rings. The molecule has 1 heterocycles. The number of benzene rings is 2. The van der Waals surface area contributed by atoms with Crippen molar-refractivity contribution in [3.63, 3.8) is 0 Å². The van der Waals surface area contributed by atoms with Gasteiger partial charge in [-0.2, -0.15) is 0 Å². The molecule has 2 nitrogen and oxygen atoms in total. The topological polar surface area (TPSA) is 18.5 Å². The first-order valence-electron chi connectivity index (χ1n) is 5.75. The summed E-state index contributed by atoms with van der Waals surface area (Å²) < 4.78 is 10.6. The molecule has 2 aromatic rings. The maximum Gasteiger partial charge on any atom is 0.230 e. The second-order valence-corrected chi connectivity index (χ2v) is 3.99. The fraction of sp³-hybridized carbons (Fsp3) is 0.0625. The molecule has 0 amide bonds. The highest BCUT2D eigenvalue weighted by Gasteiger charge is 2.15. The van der Waals surface area contributed by atoms with E-state index in [0.717, 1.165) is 22.3 Å². The predicted octanol–water partition coefficient (Wildman–Crippen LogP) is 3.81. The highest BCUT2D eigenvalue weighted by atomic mass is 16.5. The SMILES string of the molecule is COc1ccc2ccccc2c1C1=CC=CO[C]1. The lowest BCUT2D eigenvalue weighted by molar-refractivity contribution is 0.358. The zero-order chi connectivity index (χ0) is 12.4. The lowest BCUT2D eigenvalue weighted by Gasteiger charge is -2.15. The Morgan fingerprint density at radius 1 is 1.11 bits per heavy atom. The zero-order valence-electron chi connectivity index (χ0n) is 10.0. The number of methoxy groups -OCH3 is 1. The van der Waals surface area contributed by atoms with Gasteiger partial charge in [-0.1, -0.05) is 36.4 Å². The molecule has 3 rings (SSSR count). The summed E-state index contributed by atoms with van der Waals surface area (Å²) in [7, 11) is 1.67. The van der Waals surface area contributed by atoms with E-state index in [1.165, 1.54) is 5.39 Å². The van der Waals surface area contributed by atoms with Crippen molar-refractivity contribution in [1.29, 1.82) is 0 Å². The lowest BCUT2D eigenvalue weighted by Crippen LogP contribution is -1.96. The van der Waals surface area contributed by atoms with Crippen molar-refractivity contribution in [2.24, 2.45) is 0 Å². The molecule has 0 fully saturated rings. The molecule has 0 atom stereocenters. The van der Waals surface area contributed by atoms with Crippen molar-refractivity contribution < 1.29 is 9.47 Å². The molecule has 0 aromatic heterocycles. The largest absolute Gasteiger partial charge is 0.496 e. The van der Waals surface area contributed by atoms with E-state index in [1.54, 1.807) is 13.4 Å². The lowest BCUT2D eigenvalue weighted by atomic mass is 9.96. The zero-order valence-corrected chi connectivity index (χ0v) is 10.0. The van der Waals surface area contributed by atoms with Gasteiger partial charge in [0.2, 0.25) is 6.61 Å². The second kappa shape index (κ2) is 4.57. The minimum absolute atomic E-state index is 0.825. The van der Waals surface area contributed by atoms with Crippen molar-refractivity contribution in [3.05, 3.63) is 67.0 Å². The third-order valence-corrected chi connectivity index (χ3v) is 2.96. The second-order valence-electron chi connectivity index (χ2n) is 3.99. The van der Waals surface area contributed by atoms with Gasteiger partial charge in [-0.3, -0.25) is 0 Å². The molecule has 1 aliphatic heterocycles. The maximum absolute atomic E-state index is 5.45. The molecule has 0 saturated heterocycles. The maximum atomic E-state index is 5.45. The molecule has 18 heavy (non-hydrogen) atoms. The van der Waals surface area contributed by atoms with E-state index in [2.05, 4.69) is 24.8 Å². The van der Waals surface area contributed by atoms with Gasteiger partial charge >= 0.3 is 0 Å². The van der Waals surface area contributed by atoms with Crippen molar-refractivity contribution in [2.45, 2.75) is 0 Å².